The van der Waals surface area contributed by atoms with E-state index < -0.39 is 0 Å². The van der Waals surface area contributed by atoms with Gasteiger partial charge in [-0.05, 0) is 49.3 Å². The number of hydrogen-bond acceptors (Lipinski definition) is 2. The summed E-state index contributed by atoms with van der Waals surface area (Å²) in [4.78, 5) is 0. The van der Waals surface area contributed by atoms with Crippen LogP contribution in [0, 0.1) is 5.92 Å². The number of benzene rings is 1. The molecule has 0 amide bonds. The maximum absolute atomic E-state index is 9.28. The minimum atomic E-state index is -0.0392. The molecule has 4 rings (SSSR count). The summed E-state index contributed by atoms with van der Waals surface area (Å²) in [5, 5.41) is 9.28. The number of hydrogen-bond donors (Lipinski definition) is 1. The minimum Gasteiger partial charge on any atom is -0.508 e. The van der Waals surface area contributed by atoms with Gasteiger partial charge in [0.15, 0.2) is 0 Å². The Morgan fingerprint density at radius 3 is 2.33 bits per heavy atom. The van der Waals surface area contributed by atoms with E-state index in [9.17, 15) is 5.11 Å². The van der Waals surface area contributed by atoms with Crippen molar-refractivity contribution >= 4 is 0 Å². The fourth-order valence-electron chi connectivity index (χ4n) is 2.87. The maximum atomic E-state index is 9.28. The van der Waals surface area contributed by atoms with Gasteiger partial charge in [0.2, 0.25) is 0 Å². The van der Waals surface area contributed by atoms with E-state index in [1.165, 1.54) is 18.4 Å². The Morgan fingerprint density at radius 2 is 1.80 bits per heavy atom. The summed E-state index contributed by atoms with van der Waals surface area (Å²) in [5.74, 6) is 1.13. The van der Waals surface area contributed by atoms with Crippen LogP contribution in [0.5, 0.6) is 5.75 Å². The summed E-state index contributed by atoms with van der Waals surface area (Å²) < 4.78 is 6.01. The van der Waals surface area contributed by atoms with E-state index in [1.807, 2.05) is 12.1 Å². The van der Waals surface area contributed by atoms with Crippen molar-refractivity contribution in [2.24, 2.45) is 5.92 Å². The highest BCUT2D eigenvalue weighted by Gasteiger charge is 2.42. The zero-order chi connectivity index (χ0) is 10.3. The third-order valence-electron chi connectivity index (χ3n) is 3.90. The molecule has 0 spiro atoms. The maximum Gasteiger partial charge on any atom is 0.115 e. The van der Waals surface area contributed by atoms with Gasteiger partial charge in [0.25, 0.3) is 0 Å². The molecule has 0 radical (unpaired) electrons. The monoisotopic (exact) mass is 204 g/mol. The van der Waals surface area contributed by atoms with Crippen molar-refractivity contribution in [1.82, 2.24) is 0 Å². The number of phenolic OH excluding ortho intramolecular Hbond substituents is 1. The number of rotatable bonds is 1. The lowest BCUT2D eigenvalue weighted by Crippen LogP contribution is -2.42. The Hall–Kier alpha value is -1.02. The van der Waals surface area contributed by atoms with E-state index >= 15 is 0 Å². The SMILES string of the molecule is Oc1ccc(C23CCC(CC2)CO3)cc1. The molecule has 2 saturated heterocycles. The Kier molecular flexibility index (Phi) is 1.99. The molecular weight excluding hydrogens is 188 g/mol. The highest BCUT2D eigenvalue weighted by atomic mass is 16.5. The molecule has 2 heterocycles. The number of phenols is 1. The molecule has 80 valence electrons. The van der Waals surface area contributed by atoms with Gasteiger partial charge in [-0.3, -0.25) is 0 Å². The number of aromatic hydroxyl groups is 1. The fraction of sp³-hybridized carbons (Fsp3) is 0.538. The zero-order valence-corrected chi connectivity index (χ0v) is 8.78. The second-order valence-corrected chi connectivity index (χ2v) is 4.80. The van der Waals surface area contributed by atoms with E-state index in [2.05, 4.69) is 0 Å². The van der Waals surface area contributed by atoms with Gasteiger partial charge in [-0.15, -0.1) is 0 Å². The molecule has 3 aliphatic rings. The smallest absolute Gasteiger partial charge is 0.115 e. The van der Waals surface area contributed by atoms with Gasteiger partial charge in [-0.1, -0.05) is 12.1 Å². The average molecular weight is 204 g/mol. The van der Waals surface area contributed by atoms with Gasteiger partial charge < -0.3 is 9.84 Å². The van der Waals surface area contributed by atoms with Crippen LogP contribution in [0.2, 0.25) is 0 Å². The van der Waals surface area contributed by atoms with Crippen molar-refractivity contribution in [1.29, 1.82) is 0 Å². The molecule has 0 atom stereocenters. The van der Waals surface area contributed by atoms with Crippen LogP contribution in [0.3, 0.4) is 0 Å². The van der Waals surface area contributed by atoms with Gasteiger partial charge in [-0.2, -0.15) is 0 Å². The van der Waals surface area contributed by atoms with Gasteiger partial charge in [0.1, 0.15) is 5.75 Å². The van der Waals surface area contributed by atoms with Crippen molar-refractivity contribution in [2.75, 3.05) is 6.61 Å². The molecule has 1 aliphatic carbocycles. The second kappa shape index (κ2) is 3.24. The van der Waals surface area contributed by atoms with Crippen LogP contribution in [0.1, 0.15) is 31.2 Å². The topological polar surface area (TPSA) is 29.5 Å². The third kappa shape index (κ3) is 1.44. The van der Waals surface area contributed by atoms with E-state index in [4.69, 9.17) is 4.74 Å². The predicted octanol–water partition coefficient (Wildman–Crippen LogP) is 2.81. The first-order chi connectivity index (χ1) is 7.28. The van der Waals surface area contributed by atoms with Crippen molar-refractivity contribution in [2.45, 2.75) is 31.3 Å². The Morgan fingerprint density at radius 1 is 1.13 bits per heavy atom. The lowest BCUT2D eigenvalue weighted by Gasteiger charge is -2.46. The lowest BCUT2D eigenvalue weighted by molar-refractivity contribution is -0.149. The van der Waals surface area contributed by atoms with Gasteiger partial charge in [0.05, 0.1) is 12.2 Å². The molecule has 1 saturated carbocycles. The van der Waals surface area contributed by atoms with Crippen molar-refractivity contribution in [3.63, 3.8) is 0 Å². The van der Waals surface area contributed by atoms with Crippen LogP contribution in [0.15, 0.2) is 24.3 Å². The summed E-state index contributed by atoms with van der Waals surface area (Å²) in [6.07, 6.45) is 4.87. The minimum absolute atomic E-state index is 0.0392. The summed E-state index contributed by atoms with van der Waals surface area (Å²) in [6, 6.07) is 7.52. The predicted molar refractivity (Wildman–Crippen MR) is 57.7 cm³/mol. The largest absolute Gasteiger partial charge is 0.508 e. The van der Waals surface area contributed by atoms with Crippen LogP contribution in [0.4, 0.5) is 0 Å². The molecule has 2 aliphatic heterocycles. The zero-order valence-electron chi connectivity index (χ0n) is 8.78. The van der Waals surface area contributed by atoms with Gasteiger partial charge in [0, 0.05) is 0 Å². The van der Waals surface area contributed by atoms with Crippen LogP contribution < -0.4 is 0 Å². The molecule has 2 heteroatoms. The molecule has 15 heavy (non-hydrogen) atoms. The quantitative estimate of drug-likeness (QED) is 0.762. The molecule has 1 aromatic carbocycles. The fourth-order valence-corrected chi connectivity index (χ4v) is 2.87. The van der Waals surface area contributed by atoms with Gasteiger partial charge in [-0.25, -0.2) is 0 Å². The summed E-state index contributed by atoms with van der Waals surface area (Å²) in [6.45, 7) is 0.918. The lowest BCUT2D eigenvalue weighted by atomic mass is 9.72. The van der Waals surface area contributed by atoms with Crippen LogP contribution in [-0.2, 0) is 10.3 Å². The van der Waals surface area contributed by atoms with Gasteiger partial charge >= 0.3 is 0 Å². The molecule has 3 fully saturated rings. The molecule has 2 nitrogen and oxygen atoms in total. The molecule has 1 aromatic rings. The van der Waals surface area contributed by atoms with E-state index in [1.54, 1.807) is 12.1 Å². The Labute approximate surface area is 89.9 Å². The van der Waals surface area contributed by atoms with Crippen molar-refractivity contribution < 1.29 is 9.84 Å². The highest BCUT2D eigenvalue weighted by Crippen LogP contribution is 2.47. The first-order valence-electron chi connectivity index (χ1n) is 5.72. The van der Waals surface area contributed by atoms with Crippen LogP contribution in [0.25, 0.3) is 0 Å². The van der Waals surface area contributed by atoms with E-state index in [0.717, 1.165) is 25.4 Å². The number of ether oxygens (including phenoxy) is 1. The van der Waals surface area contributed by atoms with Crippen molar-refractivity contribution in [3.05, 3.63) is 29.8 Å². The van der Waals surface area contributed by atoms with Crippen molar-refractivity contribution in [3.8, 4) is 5.75 Å². The van der Waals surface area contributed by atoms with Crippen LogP contribution >= 0.6 is 0 Å². The molecule has 0 unspecified atom stereocenters. The highest BCUT2D eigenvalue weighted by molar-refractivity contribution is 5.31. The van der Waals surface area contributed by atoms with Crippen LogP contribution in [-0.4, -0.2) is 11.7 Å². The summed E-state index contributed by atoms with van der Waals surface area (Å²) in [7, 11) is 0. The molecule has 2 bridgehead atoms. The normalized spacial score (nSPS) is 34.3. The second-order valence-electron chi connectivity index (χ2n) is 4.80. The molecule has 0 aromatic heterocycles. The average Bonchev–Trinajstić information content (AvgIpc) is 2.32. The Bertz CT molecular complexity index is 334. The summed E-state index contributed by atoms with van der Waals surface area (Å²) in [5.41, 5.74) is 1.20. The number of fused-ring (bicyclic) bond motifs is 3. The van der Waals surface area contributed by atoms with E-state index in [-0.39, 0.29) is 5.60 Å². The molecule has 1 N–H and O–H groups in total. The first-order valence-corrected chi connectivity index (χ1v) is 5.72. The molecular formula is C13H16O2. The van der Waals surface area contributed by atoms with E-state index in [0.29, 0.717) is 5.75 Å². The standard InChI is InChI=1S/C13H16O2/c14-12-3-1-11(2-4-12)13-7-5-10(6-8-13)9-15-13/h1-4,10,14H,5-9H2. The first kappa shape index (κ1) is 9.22. The Balaban J connectivity index is 1.94. The summed E-state index contributed by atoms with van der Waals surface area (Å²) >= 11 is 0. The third-order valence-corrected chi connectivity index (χ3v) is 3.90.